The van der Waals surface area contributed by atoms with Crippen LogP contribution < -0.4 is 10.6 Å². The number of amides is 1. The molecule has 100 valence electrons. The third kappa shape index (κ3) is 2.31. The summed E-state index contributed by atoms with van der Waals surface area (Å²) in [6.07, 6.45) is 0.380. The van der Waals surface area contributed by atoms with Gasteiger partial charge in [-0.2, -0.15) is 0 Å². The van der Waals surface area contributed by atoms with Gasteiger partial charge in [0, 0.05) is 29.2 Å². The largest absolute Gasteiger partial charge is 0.356 e. The Morgan fingerprint density at radius 3 is 2.50 bits per heavy atom. The lowest BCUT2D eigenvalue weighted by Gasteiger charge is -2.07. The number of nitrogens with zero attached hydrogens (tertiary/aromatic N) is 1. The van der Waals surface area contributed by atoms with Gasteiger partial charge in [0.05, 0.1) is 11.3 Å². The Morgan fingerprint density at radius 2 is 1.80 bits per heavy atom. The van der Waals surface area contributed by atoms with Gasteiger partial charge in [-0.15, -0.1) is 0 Å². The highest BCUT2D eigenvalue weighted by Crippen LogP contribution is 2.28. The second-order valence-corrected chi connectivity index (χ2v) is 4.53. The molecule has 0 saturated carbocycles. The van der Waals surface area contributed by atoms with Gasteiger partial charge in [0.2, 0.25) is 5.91 Å². The van der Waals surface area contributed by atoms with Crippen LogP contribution in [0.3, 0.4) is 0 Å². The number of hydrogen-bond donors (Lipinski definition) is 2. The zero-order valence-corrected chi connectivity index (χ0v) is 10.4. The summed E-state index contributed by atoms with van der Waals surface area (Å²) in [6.45, 7) is 0. The summed E-state index contributed by atoms with van der Waals surface area (Å²) in [5, 5.41) is 16.5. The van der Waals surface area contributed by atoms with E-state index in [9.17, 15) is 14.9 Å². The van der Waals surface area contributed by atoms with E-state index in [1.54, 1.807) is 12.1 Å². The van der Waals surface area contributed by atoms with Crippen molar-refractivity contribution >= 4 is 28.7 Å². The van der Waals surface area contributed by atoms with E-state index in [0.29, 0.717) is 6.42 Å². The molecule has 6 heteroatoms. The Labute approximate surface area is 114 Å². The number of benzene rings is 2. The highest BCUT2D eigenvalue weighted by atomic mass is 16.6. The Morgan fingerprint density at radius 1 is 1.10 bits per heavy atom. The quantitative estimate of drug-likeness (QED) is 0.662. The highest BCUT2D eigenvalue weighted by molar-refractivity contribution is 5.99. The first-order valence-corrected chi connectivity index (χ1v) is 6.06. The fourth-order valence-corrected chi connectivity index (χ4v) is 2.14. The van der Waals surface area contributed by atoms with Gasteiger partial charge in [0.1, 0.15) is 0 Å². The smallest absolute Gasteiger partial charge is 0.269 e. The summed E-state index contributed by atoms with van der Waals surface area (Å²) in [4.78, 5) is 21.4. The van der Waals surface area contributed by atoms with Crippen molar-refractivity contribution in [1.29, 1.82) is 0 Å². The first-order valence-electron chi connectivity index (χ1n) is 6.06. The Hall–Kier alpha value is -2.89. The number of carbonyl (C=O) groups excluding carboxylic acids is 1. The minimum absolute atomic E-state index is 0.00696. The van der Waals surface area contributed by atoms with Crippen LogP contribution in [0.25, 0.3) is 0 Å². The maximum absolute atomic E-state index is 11.3. The van der Waals surface area contributed by atoms with Crippen molar-refractivity contribution in [2.45, 2.75) is 6.42 Å². The molecule has 1 amide bonds. The van der Waals surface area contributed by atoms with Crippen LogP contribution in [0.4, 0.5) is 22.7 Å². The molecule has 0 bridgehead atoms. The fraction of sp³-hybridized carbons (Fsp3) is 0.0714. The molecule has 2 N–H and O–H groups in total. The van der Waals surface area contributed by atoms with Crippen LogP contribution in [0.2, 0.25) is 0 Å². The molecule has 3 rings (SSSR count). The number of non-ortho nitro benzene ring substituents is 1. The first-order chi connectivity index (χ1) is 9.61. The molecular formula is C14H11N3O3. The summed E-state index contributed by atoms with van der Waals surface area (Å²) < 4.78 is 0. The van der Waals surface area contributed by atoms with Crippen LogP contribution in [-0.2, 0) is 11.2 Å². The Balaban J connectivity index is 1.80. The van der Waals surface area contributed by atoms with Crippen molar-refractivity contribution < 1.29 is 9.72 Å². The van der Waals surface area contributed by atoms with Crippen LogP contribution in [-0.4, -0.2) is 10.8 Å². The fourth-order valence-electron chi connectivity index (χ4n) is 2.14. The average molecular weight is 269 g/mol. The summed E-state index contributed by atoms with van der Waals surface area (Å²) in [5.41, 5.74) is 3.44. The maximum Gasteiger partial charge on any atom is 0.269 e. The lowest BCUT2D eigenvalue weighted by atomic mass is 10.1. The lowest BCUT2D eigenvalue weighted by Crippen LogP contribution is -2.03. The van der Waals surface area contributed by atoms with E-state index in [1.807, 2.05) is 18.2 Å². The number of carbonyl (C=O) groups is 1. The van der Waals surface area contributed by atoms with Gasteiger partial charge in [-0.25, -0.2) is 0 Å². The SMILES string of the molecule is O=C1Cc2cc(Nc3ccc([N+](=O)[O-])cc3)ccc2N1. The van der Waals surface area contributed by atoms with Gasteiger partial charge in [-0.3, -0.25) is 14.9 Å². The molecule has 0 aliphatic carbocycles. The van der Waals surface area contributed by atoms with Crippen LogP contribution in [0.15, 0.2) is 42.5 Å². The number of nitro groups is 1. The van der Waals surface area contributed by atoms with Crippen LogP contribution in [0.1, 0.15) is 5.56 Å². The molecule has 0 radical (unpaired) electrons. The van der Waals surface area contributed by atoms with Crippen molar-refractivity contribution in [2.75, 3.05) is 10.6 Å². The van der Waals surface area contributed by atoms with E-state index in [0.717, 1.165) is 22.6 Å². The maximum atomic E-state index is 11.3. The standard InChI is InChI=1S/C14H11N3O3/c18-14-8-9-7-11(3-6-13(9)16-14)15-10-1-4-12(5-2-10)17(19)20/h1-7,15H,8H2,(H,16,18). The third-order valence-corrected chi connectivity index (χ3v) is 3.10. The van der Waals surface area contributed by atoms with E-state index in [1.165, 1.54) is 12.1 Å². The summed E-state index contributed by atoms with van der Waals surface area (Å²) >= 11 is 0. The summed E-state index contributed by atoms with van der Waals surface area (Å²) in [5.74, 6) is -0.00696. The van der Waals surface area contributed by atoms with Gasteiger partial charge >= 0.3 is 0 Å². The minimum atomic E-state index is -0.434. The van der Waals surface area contributed by atoms with E-state index in [2.05, 4.69) is 10.6 Å². The zero-order chi connectivity index (χ0) is 14.1. The van der Waals surface area contributed by atoms with E-state index in [-0.39, 0.29) is 11.6 Å². The molecule has 6 nitrogen and oxygen atoms in total. The predicted molar refractivity (Wildman–Crippen MR) is 75.2 cm³/mol. The van der Waals surface area contributed by atoms with Gasteiger partial charge < -0.3 is 10.6 Å². The molecule has 1 aliphatic heterocycles. The molecule has 0 unspecified atom stereocenters. The Kier molecular flexibility index (Phi) is 2.83. The topological polar surface area (TPSA) is 84.3 Å². The van der Waals surface area contributed by atoms with Gasteiger partial charge in [-0.1, -0.05) is 0 Å². The summed E-state index contributed by atoms with van der Waals surface area (Å²) in [7, 11) is 0. The van der Waals surface area contributed by atoms with E-state index in [4.69, 9.17) is 0 Å². The third-order valence-electron chi connectivity index (χ3n) is 3.10. The number of rotatable bonds is 3. The number of nitro benzene ring substituents is 1. The molecule has 0 fully saturated rings. The van der Waals surface area contributed by atoms with E-state index >= 15 is 0 Å². The average Bonchev–Trinajstić information content (AvgIpc) is 2.78. The predicted octanol–water partition coefficient (Wildman–Crippen LogP) is 2.83. The van der Waals surface area contributed by atoms with Crippen LogP contribution in [0, 0.1) is 10.1 Å². The van der Waals surface area contributed by atoms with Gasteiger partial charge in [-0.05, 0) is 35.9 Å². The minimum Gasteiger partial charge on any atom is -0.356 e. The number of hydrogen-bond acceptors (Lipinski definition) is 4. The van der Waals surface area contributed by atoms with Crippen LogP contribution >= 0.6 is 0 Å². The molecule has 0 atom stereocenters. The van der Waals surface area contributed by atoms with Crippen molar-refractivity contribution in [1.82, 2.24) is 0 Å². The molecule has 1 heterocycles. The zero-order valence-electron chi connectivity index (χ0n) is 10.4. The molecule has 0 saturated heterocycles. The first kappa shape index (κ1) is 12.2. The summed E-state index contributed by atoms with van der Waals surface area (Å²) in [6, 6.07) is 11.8. The normalized spacial score (nSPS) is 12.7. The van der Waals surface area contributed by atoms with Crippen molar-refractivity contribution in [2.24, 2.45) is 0 Å². The van der Waals surface area contributed by atoms with Crippen molar-refractivity contribution in [3.05, 3.63) is 58.1 Å². The molecule has 2 aromatic carbocycles. The molecule has 20 heavy (non-hydrogen) atoms. The van der Waals surface area contributed by atoms with Gasteiger partial charge in [0.25, 0.3) is 5.69 Å². The lowest BCUT2D eigenvalue weighted by molar-refractivity contribution is -0.384. The number of fused-ring (bicyclic) bond motifs is 1. The van der Waals surface area contributed by atoms with Crippen molar-refractivity contribution in [3.8, 4) is 0 Å². The Bertz CT molecular complexity index is 695. The molecular weight excluding hydrogens is 258 g/mol. The van der Waals surface area contributed by atoms with E-state index < -0.39 is 4.92 Å². The molecule has 1 aliphatic rings. The van der Waals surface area contributed by atoms with Crippen molar-refractivity contribution in [3.63, 3.8) is 0 Å². The monoisotopic (exact) mass is 269 g/mol. The number of nitrogens with one attached hydrogen (secondary N) is 2. The second kappa shape index (κ2) is 4.65. The van der Waals surface area contributed by atoms with Crippen LogP contribution in [0.5, 0.6) is 0 Å². The molecule has 0 spiro atoms. The molecule has 2 aromatic rings. The van der Waals surface area contributed by atoms with Gasteiger partial charge in [0.15, 0.2) is 0 Å². The highest BCUT2D eigenvalue weighted by Gasteiger charge is 2.17. The molecule has 0 aromatic heterocycles. The number of anilines is 3. The second-order valence-electron chi connectivity index (χ2n) is 4.53.